The van der Waals surface area contributed by atoms with Gasteiger partial charge in [-0.3, -0.25) is 4.99 Å². The molecular formula is C22H22F2N6. The summed E-state index contributed by atoms with van der Waals surface area (Å²) in [6, 6.07) is 9.34. The molecule has 30 heavy (non-hydrogen) atoms. The van der Waals surface area contributed by atoms with Crippen molar-refractivity contribution in [2.45, 2.75) is 32.7 Å². The zero-order valence-corrected chi connectivity index (χ0v) is 17.3. The van der Waals surface area contributed by atoms with E-state index >= 15 is 0 Å². The molecule has 0 saturated carbocycles. The van der Waals surface area contributed by atoms with Crippen molar-refractivity contribution in [1.29, 1.82) is 5.26 Å². The van der Waals surface area contributed by atoms with Crippen molar-refractivity contribution in [3.63, 3.8) is 0 Å². The zero-order valence-electron chi connectivity index (χ0n) is 17.3. The monoisotopic (exact) mass is 408 g/mol. The van der Waals surface area contributed by atoms with E-state index < -0.39 is 5.92 Å². The highest BCUT2D eigenvalue weighted by Gasteiger charge is 2.44. The van der Waals surface area contributed by atoms with Crippen LogP contribution in [-0.4, -0.2) is 33.5 Å². The van der Waals surface area contributed by atoms with Gasteiger partial charge in [0.2, 0.25) is 0 Å². The minimum Gasteiger partial charge on any atom is -0.344 e. The maximum absolute atomic E-state index is 13.3. The van der Waals surface area contributed by atoms with Gasteiger partial charge in [0.1, 0.15) is 11.6 Å². The number of anilines is 1. The first-order chi connectivity index (χ1) is 14.2. The van der Waals surface area contributed by atoms with Gasteiger partial charge in [0.15, 0.2) is 5.49 Å². The van der Waals surface area contributed by atoms with Crippen LogP contribution in [0.25, 0.3) is 10.9 Å². The van der Waals surface area contributed by atoms with E-state index in [0.29, 0.717) is 16.9 Å². The van der Waals surface area contributed by atoms with Gasteiger partial charge in [0.25, 0.3) is 5.92 Å². The van der Waals surface area contributed by atoms with E-state index in [9.17, 15) is 14.0 Å². The van der Waals surface area contributed by atoms with E-state index in [0.717, 1.165) is 27.9 Å². The molecule has 1 fully saturated rings. The number of pyridine rings is 1. The molecular weight excluding hydrogens is 386 g/mol. The van der Waals surface area contributed by atoms with Crippen LogP contribution in [0.5, 0.6) is 0 Å². The van der Waals surface area contributed by atoms with Crippen molar-refractivity contribution < 1.29 is 8.78 Å². The number of aryl methyl sites for hydroxylation is 2. The quantitative estimate of drug-likeness (QED) is 0.664. The third-order valence-corrected chi connectivity index (χ3v) is 5.65. The van der Waals surface area contributed by atoms with Crippen LogP contribution >= 0.6 is 0 Å². The average molecular weight is 408 g/mol. The van der Waals surface area contributed by atoms with Gasteiger partial charge in [-0.2, -0.15) is 5.26 Å². The maximum Gasteiger partial charge on any atom is 0.282 e. The van der Waals surface area contributed by atoms with Crippen LogP contribution in [0.2, 0.25) is 0 Å². The van der Waals surface area contributed by atoms with E-state index in [2.05, 4.69) is 16.0 Å². The van der Waals surface area contributed by atoms with E-state index in [1.165, 1.54) is 0 Å². The van der Waals surface area contributed by atoms with Gasteiger partial charge in [-0.1, -0.05) is 12.1 Å². The second-order valence-corrected chi connectivity index (χ2v) is 7.75. The molecule has 0 radical (unpaired) electrons. The molecule has 1 aromatic carbocycles. The summed E-state index contributed by atoms with van der Waals surface area (Å²) in [5, 5.41) is 10.1. The maximum atomic E-state index is 13.3. The normalized spacial score (nSPS) is 17.0. The fourth-order valence-corrected chi connectivity index (χ4v) is 3.77. The molecule has 0 spiro atoms. The molecule has 1 saturated heterocycles. The predicted molar refractivity (Wildman–Crippen MR) is 110 cm³/mol. The predicted octanol–water partition coefficient (Wildman–Crippen LogP) is 3.57. The Kier molecular flexibility index (Phi) is 4.77. The summed E-state index contributed by atoms with van der Waals surface area (Å²) in [5.41, 5.74) is 3.82. The second kappa shape index (κ2) is 7.17. The number of rotatable bonds is 3. The Morgan fingerprint density at radius 3 is 2.67 bits per heavy atom. The molecule has 4 rings (SSSR count). The number of benzene rings is 1. The van der Waals surface area contributed by atoms with Gasteiger partial charge in [-0.25, -0.2) is 18.7 Å². The number of hydrogen-bond donors (Lipinski definition) is 0. The molecule has 1 aliphatic rings. The number of nitrogens with zero attached hydrogens (tertiary/aromatic N) is 6. The zero-order chi connectivity index (χ0) is 21.6. The summed E-state index contributed by atoms with van der Waals surface area (Å²) in [7, 11) is 1.89. The summed E-state index contributed by atoms with van der Waals surface area (Å²) in [4.78, 5) is 15.4. The molecule has 0 aliphatic carbocycles. The van der Waals surface area contributed by atoms with Crippen LogP contribution in [-0.2, 0) is 7.05 Å². The summed E-state index contributed by atoms with van der Waals surface area (Å²) >= 11 is 0. The Morgan fingerprint density at radius 2 is 2.00 bits per heavy atom. The molecule has 0 unspecified atom stereocenters. The Hall–Kier alpha value is -3.34. The summed E-state index contributed by atoms with van der Waals surface area (Å²) < 4.78 is 28.5. The smallest absolute Gasteiger partial charge is 0.282 e. The van der Waals surface area contributed by atoms with Gasteiger partial charge >= 0.3 is 0 Å². The average Bonchev–Trinajstić information content (AvgIpc) is 2.69. The molecule has 3 aromatic rings. The second-order valence-electron chi connectivity index (χ2n) is 7.75. The number of alkyl halides is 2. The lowest BCUT2D eigenvalue weighted by Crippen LogP contribution is -2.56. The summed E-state index contributed by atoms with van der Waals surface area (Å²) in [6.07, 6.45) is 1.68. The fraction of sp³-hybridized carbons (Fsp3) is 0.364. The minimum atomic E-state index is -2.67. The molecule has 2 aromatic heterocycles. The highest BCUT2D eigenvalue weighted by Crippen LogP contribution is 2.31. The largest absolute Gasteiger partial charge is 0.344 e. The minimum absolute atomic E-state index is 0.230. The van der Waals surface area contributed by atoms with Crippen molar-refractivity contribution in [2.24, 2.45) is 12.0 Å². The van der Waals surface area contributed by atoms with Crippen molar-refractivity contribution in [1.82, 2.24) is 14.5 Å². The van der Waals surface area contributed by atoms with Crippen LogP contribution in [0.4, 0.5) is 14.6 Å². The van der Waals surface area contributed by atoms with Gasteiger partial charge < -0.3 is 9.47 Å². The summed E-state index contributed by atoms with van der Waals surface area (Å²) in [5.74, 6) is -1.41. The number of fused-ring (bicyclic) bond motifs is 1. The highest BCUT2D eigenvalue weighted by atomic mass is 19.3. The lowest BCUT2D eigenvalue weighted by Gasteiger charge is -2.39. The summed E-state index contributed by atoms with van der Waals surface area (Å²) in [6.45, 7) is 5.08. The number of hydrogen-bond acceptors (Lipinski definition) is 5. The number of nitriles is 1. The van der Waals surface area contributed by atoms with Crippen molar-refractivity contribution >= 4 is 16.7 Å². The molecule has 1 aliphatic heterocycles. The first-order valence-electron chi connectivity index (χ1n) is 9.70. The SMILES string of the molecule is Cc1c(C#N)cccc1[C@@H](C)N=c1nc(C)n(C)c2cnc(N3CC(F)(F)C3)cc12. The van der Waals surface area contributed by atoms with Crippen LogP contribution in [0, 0.1) is 25.2 Å². The molecule has 0 amide bonds. The highest BCUT2D eigenvalue weighted by molar-refractivity contribution is 5.80. The third-order valence-electron chi connectivity index (χ3n) is 5.65. The van der Waals surface area contributed by atoms with Crippen LogP contribution in [0.1, 0.15) is 35.5 Å². The van der Waals surface area contributed by atoms with E-state index in [1.54, 1.807) is 23.2 Å². The molecule has 6 nitrogen and oxygen atoms in total. The standard InChI is InChI=1S/C22H22F2N6/c1-13-16(9-25)6-5-7-17(13)14(2)27-21-18-8-20(30-11-22(23,24)12-30)26-10-19(18)29(4)15(3)28-21/h5-8,10,14H,11-12H2,1-4H3/t14-/m1/s1. The molecule has 3 heterocycles. The first-order valence-corrected chi connectivity index (χ1v) is 9.70. The molecule has 8 heteroatoms. The van der Waals surface area contributed by atoms with E-state index in [4.69, 9.17) is 4.99 Å². The number of halogens is 2. The fourth-order valence-electron chi connectivity index (χ4n) is 3.77. The van der Waals surface area contributed by atoms with Crippen LogP contribution < -0.4 is 10.4 Å². The lowest BCUT2D eigenvalue weighted by atomic mass is 9.98. The van der Waals surface area contributed by atoms with Gasteiger partial charge in [0, 0.05) is 12.4 Å². The van der Waals surface area contributed by atoms with E-state index in [-0.39, 0.29) is 19.1 Å². The molecule has 0 bridgehead atoms. The molecule has 1 atom stereocenters. The van der Waals surface area contributed by atoms with Crippen molar-refractivity contribution in [3.8, 4) is 6.07 Å². The van der Waals surface area contributed by atoms with Crippen molar-refractivity contribution in [2.75, 3.05) is 18.0 Å². The van der Waals surface area contributed by atoms with Crippen molar-refractivity contribution in [3.05, 3.63) is 58.5 Å². The van der Waals surface area contributed by atoms with E-state index in [1.807, 2.05) is 44.5 Å². The van der Waals surface area contributed by atoms with Crippen LogP contribution in [0.3, 0.4) is 0 Å². The third kappa shape index (κ3) is 3.41. The Bertz CT molecular complexity index is 1250. The van der Waals surface area contributed by atoms with Gasteiger partial charge in [-0.15, -0.1) is 0 Å². The molecule has 0 N–H and O–H groups in total. The number of aromatic nitrogens is 3. The first kappa shape index (κ1) is 20.0. The lowest BCUT2D eigenvalue weighted by molar-refractivity contribution is -0.0266. The molecule has 154 valence electrons. The Balaban J connectivity index is 1.85. The van der Waals surface area contributed by atoms with Gasteiger partial charge in [-0.05, 0) is 44.0 Å². The van der Waals surface area contributed by atoms with Gasteiger partial charge in [0.05, 0.1) is 42.5 Å². The Morgan fingerprint density at radius 1 is 1.27 bits per heavy atom. The Labute approximate surface area is 173 Å². The van der Waals surface area contributed by atoms with Crippen LogP contribution in [0.15, 0.2) is 35.5 Å². The topological polar surface area (TPSA) is 70.1 Å².